The maximum Gasteiger partial charge on any atom is 0.302 e. The van der Waals surface area contributed by atoms with E-state index in [9.17, 15) is 4.79 Å². The van der Waals surface area contributed by atoms with Crippen molar-refractivity contribution in [1.29, 1.82) is 0 Å². The highest BCUT2D eigenvalue weighted by molar-refractivity contribution is 5.66. The maximum absolute atomic E-state index is 11.4. The molecule has 206 valence electrons. The summed E-state index contributed by atoms with van der Waals surface area (Å²) in [6.07, 6.45) is 11.0. The monoisotopic (exact) mass is 536 g/mol. The van der Waals surface area contributed by atoms with Gasteiger partial charge in [0.05, 0.1) is 31.1 Å². The number of nitrogens with zero attached hydrogens (tertiary/aromatic N) is 6. The fourth-order valence-electron chi connectivity index (χ4n) is 4.48. The lowest BCUT2D eigenvalue weighted by Crippen LogP contribution is -2.38. The largest absolute Gasteiger partial charge is 0.463 e. The summed E-state index contributed by atoms with van der Waals surface area (Å²) in [5, 5.41) is 26.3. The Morgan fingerprint density at radius 1 is 1.03 bits per heavy atom. The number of hydrogen-bond donors (Lipinski definition) is 1. The molecule has 2 aliphatic rings. The molecule has 4 heterocycles. The lowest BCUT2D eigenvalue weighted by molar-refractivity contribution is -0.177. The van der Waals surface area contributed by atoms with Gasteiger partial charge in [0.1, 0.15) is 30.1 Å². The van der Waals surface area contributed by atoms with Crippen molar-refractivity contribution in [2.24, 2.45) is 0 Å². The summed E-state index contributed by atoms with van der Waals surface area (Å²) in [6.45, 7) is 4.40. The molecule has 2 aromatic heterocycles. The highest BCUT2D eigenvalue weighted by atomic mass is 16.7. The second kappa shape index (κ2) is 12.4. The summed E-state index contributed by atoms with van der Waals surface area (Å²) < 4.78 is 26.0. The van der Waals surface area contributed by atoms with Crippen molar-refractivity contribution >= 4 is 5.97 Å². The molecule has 5 atom stereocenters. The van der Waals surface area contributed by atoms with Crippen LogP contribution < -0.4 is 0 Å². The molecule has 2 aliphatic heterocycles. The molecule has 0 fully saturated rings. The molecule has 39 heavy (non-hydrogen) atoms. The minimum Gasteiger partial charge on any atom is -0.463 e. The maximum atomic E-state index is 11.4. The Morgan fingerprint density at radius 3 is 2.33 bits per heavy atom. The Morgan fingerprint density at radius 2 is 1.72 bits per heavy atom. The molecule has 1 N–H and O–H groups in total. The van der Waals surface area contributed by atoms with Crippen LogP contribution in [0.25, 0.3) is 22.5 Å². The average molecular weight is 537 g/mol. The summed E-state index contributed by atoms with van der Waals surface area (Å²) in [7, 11) is 0. The molecule has 0 radical (unpaired) electrons. The summed E-state index contributed by atoms with van der Waals surface area (Å²) in [5.74, 6) is -0.380. The highest BCUT2D eigenvalue weighted by Crippen LogP contribution is 2.28. The van der Waals surface area contributed by atoms with Gasteiger partial charge in [-0.05, 0) is 13.0 Å². The van der Waals surface area contributed by atoms with Crippen molar-refractivity contribution in [1.82, 2.24) is 30.0 Å². The van der Waals surface area contributed by atoms with Crippen molar-refractivity contribution in [3.8, 4) is 22.5 Å². The van der Waals surface area contributed by atoms with E-state index in [0.29, 0.717) is 25.3 Å². The van der Waals surface area contributed by atoms with Crippen LogP contribution in [0.15, 0.2) is 61.0 Å². The van der Waals surface area contributed by atoms with E-state index in [4.69, 9.17) is 24.1 Å². The molecular formula is C27H32N6O6. The first kappa shape index (κ1) is 26.9. The topological polar surface area (TPSA) is 136 Å². The normalized spacial score (nSPS) is 24.6. The van der Waals surface area contributed by atoms with Crippen LogP contribution in [-0.2, 0) is 23.7 Å². The minimum absolute atomic E-state index is 0.0400. The summed E-state index contributed by atoms with van der Waals surface area (Å²) in [5.41, 5.74) is 3.25. The molecule has 0 bridgehead atoms. The zero-order valence-electron chi connectivity index (χ0n) is 21.9. The molecule has 0 spiro atoms. The Kier molecular flexibility index (Phi) is 8.57. The fraction of sp³-hybridized carbons (Fsp3) is 0.444. The highest BCUT2D eigenvalue weighted by Gasteiger charge is 2.31. The van der Waals surface area contributed by atoms with Crippen LogP contribution in [0.2, 0.25) is 0 Å². The lowest BCUT2D eigenvalue weighted by Gasteiger charge is -2.31. The van der Waals surface area contributed by atoms with Gasteiger partial charge >= 0.3 is 5.97 Å². The Hall–Kier alpha value is -3.71. The van der Waals surface area contributed by atoms with Crippen molar-refractivity contribution < 1.29 is 28.8 Å². The Labute approximate surface area is 225 Å². The van der Waals surface area contributed by atoms with Crippen LogP contribution in [0.3, 0.4) is 0 Å². The molecular weight excluding hydrogens is 504 g/mol. The Balaban J connectivity index is 1.27. The standard InChI is InChI=1S/C27H32N6O6/c1-3-36-27-11-10-25(26(39-27)17-37-18(2)35)33-15-24(29-31-33)20-6-4-19(5-7-20)23-14-32(30-28-23)21-8-9-22(12-13-34)38-16-21/h4-11,14-15,21-22,25-27,34H,3,12-13,16-17H2,1-2H3/t21-,22-,25-,26+,27?/m0/s1. The molecule has 1 aromatic carbocycles. The van der Waals surface area contributed by atoms with E-state index in [1.807, 2.05) is 67.9 Å². The first-order valence-electron chi connectivity index (χ1n) is 13.0. The van der Waals surface area contributed by atoms with E-state index < -0.39 is 12.4 Å². The van der Waals surface area contributed by atoms with Gasteiger partial charge in [0.15, 0.2) is 6.29 Å². The molecule has 0 saturated carbocycles. The molecule has 12 nitrogen and oxygen atoms in total. The third kappa shape index (κ3) is 6.48. The Bertz CT molecular complexity index is 1300. The predicted molar refractivity (Wildman–Crippen MR) is 139 cm³/mol. The zero-order chi connectivity index (χ0) is 27.2. The van der Waals surface area contributed by atoms with Gasteiger partial charge < -0.3 is 24.1 Å². The van der Waals surface area contributed by atoms with E-state index in [2.05, 4.69) is 20.6 Å². The van der Waals surface area contributed by atoms with Gasteiger partial charge in [-0.25, -0.2) is 9.36 Å². The third-order valence-electron chi connectivity index (χ3n) is 6.52. The molecule has 0 saturated heterocycles. The first-order valence-corrected chi connectivity index (χ1v) is 13.0. The molecule has 3 aromatic rings. The van der Waals surface area contributed by atoms with Crippen LogP contribution >= 0.6 is 0 Å². The van der Waals surface area contributed by atoms with E-state index in [-0.39, 0.29) is 37.4 Å². The molecule has 12 heteroatoms. The van der Waals surface area contributed by atoms with Gasteiger partial charge in [-0.3, -0.25) is 4.79 Å². The number of esters is 1. The number of benzene rings is 1. The fourth-order valence-corrected chi connectivity index (χ4v) is 4.48. The van der Waals surface area contributed by atoms with Crippen molar-refractivity contribution in [3.05, 3.63) is 61.0 Å². The van der Waals surface area contributed by atoms with Crippen LogP contribution in [0, 0.1) is 0 Å². The summed E-state index contributed by atoms with van der Waals surface area (Å²) in [6, 6.07) is 7.50. The second-order valence-electron chi connectivity index (χ2n) is 9.26. The van der Waals surface area contributed by atoms with Crippen LogP contribution in [0.1, 0.15) is 32.4 Å². The molecule has 5 rings (SSSR count). The number of hydrogen-bond acceptors (Lipinski definition) is 10. The number of rotatable bonds is 10. The smallest absolute Gasteiger partial charge is 0.302 e. The van der Waals surface area contributed by atoms with Crippen molar-refractivity contribution in [3.63, 3.8) is 0 Å². The van der Waals surface area contributed by atoms with Crippen LogP contribution in [0.4, 0.5) is 0 Å². The van der Waals surface area contributed by atoms with Crippen molar-refractivity contribution in [2.45, 2.75) is 50.8 Å². The number of ether oxygens (including phenoxy) is 4. The van der Waals surface area contributed by atoms with Gasteiger partial charge in [-0.1, -0.05) is 52.9 Å². The SMILES string of the molecule is CCOC1C=C[C@H](n2cc(-c3ccc(-c4cn([C@H]5C=C[C@@H](CCO)OC5)nn4)cc3)nn2)[C@@H](COC(C)=O)O1. The van der Waals surface area contributed by atoms with Gasteiger partial charge in [-0.15, -0.1) is 10.2 Å². The predicted octanol–water partition coefficient (Wildman–Crippen LogP) is 2.50. The molecule has 0 aliphatic carbocycles. The second-order valence-corrected chi connectivity index (χ2v) is 9.26. The van der Waals surface area contributed by atoms with E-state index in [0.717, 1.165) is 16.8 Å². The average Bonchev–Trinajstić information content (AvgIpc) is 3.64. The quantitative estimate of drug-likeness (QED) is 0.304. The number of aliphatic hydroxyl groups is 1. The number of aromatic nitrogens is 6. The minimum atomic E-state index is -0.509. The van der Waals surface area contributed by atoms with Gasteiger partial charge in [0.25, 0.3) is 0 Å². The number of carbonyl (C=O) groups is 1. The van der Waals surface area contributed by atoms with E-state index in [1.54, 1.807) is 9.36 Å². The number of aliphatic hydroxyl groups excluding tert-OH is 1. The molecule has 1 unspecified atom stereocenters. The third-order valence-corrected chi connectivity index (χ3v) is 6.52. The van der Waals surface area contributed by atoms with E-state index >= 15 is 0 Å². The zero-order valence-corrected chi connectivity index (χ0v) is 21.9. The van der Waals surface area contributed by atoms with Crippen molar-refractivity contribution in [2.75, 3.05) is 26.4 Å². The summed E-state index contributed by atoms with van der Waals surface area (Å²) in [4.78, 5) is 11.4. The summed E-state index contributed by atoms with van der Waals surface area (Å²) >= 11 is 0. The van der Waals surface area contributed by atoms with Crippen LogP contribution in [-0.4, -0.2) is 86.0 Å². The van der Waals surface area contributed by atoms with Crippen LogP contribution in [0.5, 0.6) is 0 Å². The van der Waals surface area contributed by atoms with Gasteiger partial charge in [0.2, 0.25) is 0 Å². The number of carbonyl (C=O) groups excluding carboxylic acids is 1. The lowest BCUT2D eigenvalue weighted by atomic mass is 10.1. The molecule has 0 amide bonds. The van der Waals surface area contributed by atoms with E-state index in [1.165, 1.54) is 6.92 Å². The van der Waals surface area contributed by atoms with Gasteiger partial charge in [-0.2, -0.15) is 0 Å². The van der Waals surface area contributed by atoms with Gasteiger partial charge in [0, 0.05) is 37.7 Å². The first-order chi connectivity index (χ1) is 19.0.